The highest BCUT2D eigenvalue weighted by molar-refractivity contribution is 7.18. The number of aliphatic hydroxyl groups is 1. The summed E-state index contributed by atoms with van der Waals surface area (Å²) >= 11 is 1.74. The van der Waals surface area contributed by atoms with Gasteiger partial charge in [-0.3, -0.25) is 4.79 Å². The van der Waals surface area contributed by atoms with Crippen molar-refractivity contribution < 1.29 is 9.90 Å². The number of para-hydroxylation sites is 1. The number of ketones is 1. The Morgan fingerprint density at radius 1 is 1.21 bits per heavy atom. The van der Waals surface area contributed by atoms with Gasteiger partial charge in [0.2, 0.25) is 0 Å². The first kappa shape index (κ1) is 13.6. The zero-order valence-electron chi connectivity index (χ0n) is 10.8. The van der Waals surface area contributed by atoms with Crippen molar-refractivity contribution in [2.45, 2.75) is 19.4 Å². The Morgan fingerprint density at radius 2 is 1.84 bits per heavy atom. The summed E-state index contributed by atoms with van der Waals surface area (Å²) < 4.78 is 1.28. The predicted octanol–water partition coefficient (Wildman–Crippen LogP) is 3.04. The van der Waals surface area contributed by atoms with Crippen LogP contribution in [0.3, 0.4) is 0 Å². The zero-order valence-corrected chi connectivity index (χ0v) is 11.6. The highest BCUT2D eigenvalue weighted by Gasteiger charge is 2.14. The lowest BCUT2D eigenvalue weighted by molar-refractivity contribution is -0.110. The van der Waals surface area contributed by atoms with Crippen molar-refractivity contribution in [3.63, 3.8) is 0 Å². The molecule has 3 rings (SSSR count). The van der Waals surface area contributed by atoms with Gasteiger partial charge in [-0.05, 0) is 50.3 Å². The number of rotatable bonds is 0. The summed E-state index contributed by atoms with van der Waals surface area (Å²) in [6.07, 6.45) is 5.66. The van der Waals surface area contributed by atoms with Gasteiger partial charge in [0.15, 0.2) is 5.78 Å². The summed E-state index contributed by atoms with van der Waals surface area (Å²) in [6.45, 7) is 3.65. The summed E-state index contributed by atoms with van der Waals surface area (Å²) in [4.78, 5) is 14.8. The fraction of sp³-hybridized carbons (Fsp3) is 0.200. The minimum Gasteiger partial charge on any atom is -0.382 e. The average molecular weight is 273 g/mol. The molecule has 0 fully saturated rings. The van der Waals surface area contributed by atoms with Crippen LogP contribution in [-0.2, 0) is 4.79 Å². The van der Waals surface area contributed by atoms with Crippen molar-refractivity contribution in [2.75, 3.05) is 0 Å². The topological polar surface area (TPSA) is 50.2 Å². The third-order valence-corrected chi connectivity index (χ3v) is 3.52. The first-order valence-electron chi connectivity index (χ1n) is 5.93. The van der Waals surface area contributed by atoms with Crippen LogP contribution in [0.25, 0.3) is 10.2 Å². The number of hydrogen-bond donors (Lipinski definition) is 1. The van der Waals surface area contributed by atoms with Gasteiger partial charge >= 0.3 is 0 Å². The fourth-order valence-electron chi connectivity index (χ4n) is 1.60. The van der Waals surface area contributed by atoms with Gasteiger partial charge in [0, 0.05) is 0 Å². The van der Waals surface area contributed by atoms with Crippen LogP contribution in [0.5, 0.6) is 0 Å². The minimum atomic E-state index is -0.923. The van der Waals surface area contributed by atoms with E-state index in [2.05, 4.69) is 11.1 Å². The Labute approximate surface area is 115 Å². The highest BCUT2D eigenvalue weighted by Crippen LogP contribution is 2.19. The number of thiazole rings is 1. The van der Waals surface area contributed by atoms with Crippen LogP contribution in [0, 0.1) is 6.92 Å². The van der Waals surface area contributed by atoms with Gasteiger partial charge < -0.3 is 5.11 Å². The number of allylic oxidation sites excluding steroid dienone is 2. The van der Waals surface area contributed by atoms with E-state index in [1.807, 2.05) is 25.1 Å². The number of carbonyl (C=O) groups excluding carboxylic acids is 1. The molecular weight excluding hydrogens is 258 g/mol. The monoisotopic (exact) mass is 273 g/mol. The number of nitrogens with zero attached hydrogens (tertiary/aromatic N) is 1. The summed E-state index contributed by atoms with van der Waals surface area (Å²) in [5.41, 5.74) is 0.193. The summed E-state index contributed by atoms with van der Waals surface area (Å²) in [5, 5.41) is 10.3. The number of carbonyl (C=O) groups is 1. The van der Waals surface area contributed by atoms with Gasteiger partial charge in [-0.25, -0.2) is 4.98 Å². The van der Waals surface area contributed by atoms with E-state index < -0.39 is 5.60 Å². The zero-order chi connectivity index (χ0) is 13.9. The van der Waals surface area contributed by atoms with Gasteiger partial charge in [-0.1, -0.05) is 12.1 Å². The normalized spacial score (nSPS) is 16.3. The first-order chi connectivity index (χ1) is 8.96. The molecule has 19 heavy (non-hydrogen) atoms. The van der Waals surface area contributed by atoms with Crippen molar-refractivity contribution in [1.82, 2.24) is 4.98 Å². The Hall–Kier alpha value is -1.78. The van der Waals surface area contributed by atoms with Crippen LogP contribution in [-0.4, -0.2) is 21.5 Å². The molecule has 0 radical (unpaired) electrons. The van der Waals surface area contributed by atoms with Crippen molar-refractivity contribution >= 4 is 27.3 Å². The van der Waals surface area contributed by atoms with Crippen molar-refractivity contribution in [2.24, 2.45) is 0 Å². The van der Waals surface area contributed by atoms with Gasteiger partial charge in [0.25, 0.3) is 0 Å². The number of hydrogen-bond acceptors (Lipinski definition) is 4. The highest BCUT2D eigenvalue weighted by atomic mass is 32.1. The van der Waals surface area contributed by atoms with Gasteiger partial charge in [0.05, 0.1) is 20.8 Å². The maximum absolute atomic E-state index is 10.5. The van der Waals surface area contributed by atoms with E-state index in [4.69, 9.17) is 5.11 Å². The lowest BCUT2D eigenvalue weighted by atomic mass is 10.0. The second-order valence-corrected chi connectivity index (χ2v) is 5.73. The van der Waals surface area contributed by atoms with Crippen molar-refractivity contribution in [3.8, 4) is 0 Å². The van der Waals surface area contributed by atoms with Crippen LogP contribution >= 0.6 is 11.3 Å². The molecular formula is C15H15NO2S. The molecule has 0 unspecified atom stereocenters. The largest absolute Gasteiger partial charge is 0.382 e. The number of aryl methyl sites for hydroxylation is 1. The molecule has 0 atom stereocenters. The van der Waals surface area contributed by atoms with Gasteiger partial charge in [-0.2, -0.15) is 0 Å². The van der Waals surface area contributed by atoms with Crippen molar-refractivity contribution in [3.05, 3.63) is 53.6 Å². The van der Waals surface area contributed by atoms with Gasteiger partial charge in [0.1, 0.15) is 0 Å². The van der Waals surface area contributed by atoms with Crippen LogP contribution < -0.4 is 0 Å². The molecule has 2 aromatic rings. The molecule has 1 aliphatic carbocycles. The number of fused-ring (bicyclic) bond motifs is 1. The second-order valence-electron chi connectivity index (χ2n) is 4.50. The Bertz CT molecular complexity index is 602. The molecule has 4 heteroatoms. The molecule has 1 aromatic carbocycles. The minimum absolute atomic E-state index is 0.0680. The fourth-order valence-corrected chi connectivity index (χ4v) is 2.43. The maximum Gasteiger partial charge on any atom is 0.178 e. The quantitative estimate of drug-likeness (QED) is 0.802. The van der Waals surface area contributed by atoms with E-state index in [1.54, 1.807) is 18.3 Å². The van der Waals surface area contributed by atoms with E-state index in [1.165, 1.54) is 29.0 Å². The number of aromatic nitrogens is 1. The molecule has 1 aliphatic rings. The summed E-state index contributed by atoms with van der Waals surface area (Å²) in [5.74, 6) is -0.0680. The third kappa shape index (κ3) is 3.84. The third-order valence-electron chi connectivity index (χ3n) is 2.57. The lowest BCUT2D eigenvalue weighted by Crippen LogP contribution is -2.20. The Balaban J connectivity index is 0.000000141. The van der Waals surface area contributed by atoms with Crippen LogP contribution in [0.4, 0.5) is 0 Å². The maximum atomic E-state index is 10.5. The van der Waals surface area contributed by atoms with Crippen LogP contribution in [0.1, 0.15) is 11.9 Å². The molecule has 98 valence electrons. The SMILES string of the molecule is CC1(O)C=CC(=O)C=C1.Cc1nc2ccccc2s1. The standard InChI is InChI=1S/C8H7NS.C7H8O2/c1-6-9-7-4-2-3-5-8(7)10-6;1-7(9)4-2-6(8)3-5-7/h2-5H,1H3;2-5,9H,1H3. The molecule has 0 aliphatic heterocycles. The van der Waals surface area contributed by atoms with E-state index in [-0.39, 0.29) is 5.78 Å². The summed E-state index contributed by atoms with van der Waals surface area (Å²) in [7, 11) is 0. The second kappa shape index (κ2) is 5.47. The van der Waals surface area contributed by atoms with E-state index in [0.29, 0.717) is 0 Å². The number of benzene rings is 1. The molecule has 0 bridgehead atoms. The molecule has 0 spiro atoms. The molecule has 3 nitrogen and oxygen atoms in total. The Morgan fingerprint density at radius 3 is 2.42 bits per heavy atom. The van der Waals surface area contributed by atoms with E-state index >= 15 is 0 Å². The molecule has 1 aromatic heterocycles. The molecule has 0 saturated carbocycles. The van der Waals surface area contributed by atoms with Gasteiger partial charge in [-0.15, -0.1) is 11.3 Å². The van der Waals surface area contributed by atoms with E-state index in [0.717, 1.165) is 10.5 Å². The Kier molecular flexibility index (Phi) is 3.93. The smallest absolute Gasteiger partial charge is 0.178 e. The molecule has 1 heterocycles. The van der Waals surface area contributed by atoms with Crippen molar-refractivity contribution in [1.29, 1.82) is 0 Å². The molecule has 1 N–H and O–H groups in total. The summed E-state index contributed by atoms with van der Waals surface area (Å²) in [6, 6.07) is 8.19. The molecule has 0 amide bonds. The lowest BCUT2D eigenvalue weighted by Gasteiger charge is -2.14. The van der Waals surface area contributed by atoms with Crippen LogP contribution in [0.2, 0.25) is 0 Å². The molecule has 0 saturated heterocycles. The average Bonchev–Trinajstić information content (AvgIpc) is 2.74. The predicted molar refractivity (Wildman–Crippen MR) is 78.3 cm³/mol. The van der Waals surface area contributed by atoms with Crippen LogP contribution in [0.15, 0.2) is 48.6 Å². The van der Waals surface area contributed by atoms with E-state index in [9.17, 15) is 4.79 Å². The first-order valence-corrected chi connectivity index (χ1v) is 6.75.